The van der Waals surface area contributed by atoms with E-state index in [1.807, 2.05) is 0 Å². The summed E-state index contributed by atoms with van der Waals surface area (Å²) < 4.78 is 0.511. The Bertz CT molecular complexity index is 820. The van der Waals surface area contributed by atoms with Crippen LogP contribution in [0.4, 0.5) is 10.7 Å². The van der Waals surface area contributed by atoms with Crippen LogP contribution in [-0.2, 0) is 4.79 Å². The summed E-state index contributed by atoms with van der Waals surface area (Å²) in [5.41, 5.74) is -0.169. The fourth-order valence-electron chi connectivity index (χ4n) is 2.41. The summed E-state index contributed by atoms with van der Waals surface area (Å²) in [4.78, 5) is 34.5. The summed E-state index contributed by atoms with van der Waals surface area (Å²) in [6, 6.07) is 3.12. The van der Waals surface area contributed by atoms with E-state index in [9.17, 15) is 9.59 Å². The van der Waals surface area contributed by atoms with E-state index in [-0.39, 0.29) is 5.91 Å². The molecule has 0 bridgehead atoms. The number of amides is 3. The molecule has 0 unspecified atom stereocenters. The fraction of sp³-hybridized carbons (Fsp3) is 0.333. The summed E-state index contributed by atoms with van der Waals surface area (Å²) in [6.45, 7) is 4.15. The highest BCUT2D eigenvalue weighted by Crippen LogP contribution is 2.37. The van der Waals surface area contributed by atoms with Gasteiger partial charge in [-0.3, -0.25) is 10.1 Å². The third-order valence-corrected chi connectivity index (χ3v) is 5.76. The number of anilines is 1. The SMILES string of the molecule is CC1(C)C(=O)NC(=O)N1CCNc1nccc(-c2cc(Cl)c(Cl)s2)n1. The monoisotopic (exact) mass is 399 g/mol. The molecule has 0 radical (unpaired) electrons. The van der Waals surface area contributed by atoms with Crippen LogP contribution in [0.25, 0.3) is 10.6 Å². The van der Waals surface area contributed by atoms with E-state index in [0.717, 1.165) is 4.88 Å². The molecule has 0 saturated carbocycles. The van der Waals surface area contributed by atoms with Crippen molar-refractivity contribution in [1.82, 2.24) is 20.2 Å². The molecule has 0 aromatic carbocycles. The summed E-state index contributed by atoms with van der Waals surface area (Å²) in [5, 5.41) is 5.86. The maximum atomic E-state index is 11.8. The molecule has 3 rings (SSSR count). The van der Waals surface area contributed by atoms with Gasteiger partial charge in [0.05, 0.1) is 15.6 Å². The highest BCUT2D eigenvalue weighted by molar-refractivity contribution is 7.20. The van der Waals surface area contributed by atoms with E-state index >= 15 is 0 Å². The van der Waals surface area contributed by atoms with E-state index in [2.05, 4.69) is 20.6 Å². The van der Waals surface area contributed by atoms with Gasteiger partial charge in [0.2, 0.25) is 5.95 Å². The maximum absolute atomic E-state index is 11.8. The minimum Gasteiger partial charge on any atom is -0.352 e. The molecule has 1 aliphatic rings. The molecule has 132 valence electrons. The summed E-state index contributed by atoms with van der Waals surface area (Å²) in [7, 11) is 0. The molecule has 1 saturated heterocycles. The molecule has 2 aromatic rings. The number of hydrogen-bond acceptors (Lipinski definition) is 6. The largest absolute Gasteiger partial charge is 0.352 e. The third kappa shape index (κ3) is 3.56. The van der Waals surface area contributed by atoms with Gasteiger partial charge in [-0.15, -0.1) is 11.3 Å². The van der Waals surface area contributed by atoms with Gasteiger partial charge in [-0.25, -0.2) is 14.8 Å². The smallest absolute Gasteiger partial charge is 0.325 e. The van der Waals surface area contributed by atoms with Crippen LogP contribution in [-0.4, -0.2) is 45.4 Å². The number of nitrogens with one attached hydrogen (secondary N) is 2. The molecular formula is C15H15Cl2N5O2S. The standard InChI is InChI=1S/C15H15Cl2N5O2S/c1-15(2)12(23)21-14(24)22(15)6-5-19-13-18-4-3-9(20-13)10-7-8(16)11(17)25-10/h3-4,7H,5-6H2,1-2H3,(H,18,19,20)(H,21,23,24). The van der Waals surface area contributed by atoms with Crippen LogP contribution >= 0.6 is 34.5 Å². The van der Waals surface area contributed by atoms with E-state index in [1.165, 1.54) is 16.2 Å². The number of aromatic nitrogens is 2. The lowest BCUT2D eigenvalue weighted by atomic mass is 10.0. The fourth-order valence-corrected chi connectivity index (χ4v) is 3.75. The van der Waals surface area contributed by atoms with Crippen molar-refractivity contribution in [2.45, 2.75) is 19.4 Å². The Morgan fingerprint density at radius 3 is 2.72 bits per heavy atom. The second-order valence-corrected chi connectivity index (χ2v) is 7.96. The zero-order chi connectivity index (χ0) is 18.2. The molecule has 10 heteroatoms. The summed E-state index contributed by atoms with van der Waals surface area (Å²) >= 11 is 13.3. The van der Waals surface area contributed by atoms with E-state index in [4.69, 9.17) is 23.2 Å². The Morgan fingerprint density at radius 2 is 2.12 bits per heavy atom. The molecule has 1 aliphatic heterocycles. The molecule has 2 aromatic heterocycles. The first-order chi connectivity index (χ1) is 11.8. The van der Waals surface area contributed by atoms with E-state index in [1.54, 1.807) is 32.2 Å². The Balaban J connectivity index is 1.65. The highest BCUT2D eigenvalue weighted by Gasteiger charge is 2.44. The van der Waals surface area contributed by atoms with E-state index in [0.29, 0.717) is 34.1 Å². The van der Waals surface area contributed by atoms with Crippen molar-refractivity contribution >= 4 is 52.4 Å². The minimum absolute atomic E-state index is 0.304. The summed E-state index contributed by atoms with van der Waals surface area (Å²) in [5.74, 6) is 0.115. The zero-order valence-electron chi connectivity index (χ0n) is 13.5. The number of hydrogen-bond donors (Lipinski definition) is 2. The number of nitrogens with zero attached hydrogens (tertiary/aromatic N) is 3. The molecule has 0 aliphatic carbocycles. The number of urea groups is 1. The second kappa shape index (κ2) is 6.78. The molecule has 3 amide bonds. The van der Waals surface area contributed by atoms with Crippen LogP contribution in [0.2, 0.25) is 9.36 Å². The van der Waals surface area contributed by atoms with Crippen LogP contribution in [0.15, 0.2) is 18.3 Å². The average Bonchev–Trinajstić information content (AvgIpc) is 2.99. The summed E-state index contributed by atoms with van der Waals surface area (Å²) in [6.07, 6.45) is 1.63. The molecule has 3 heterocycles. The maximum Gasteiger partial charge on any atom is 0.325 e. The zero-order valence-corrected chi connectivity index (χ0v) is 15.8. The van der Waals surface area contributed by atoms with Crippen molar-refractivity contribution in [1.29, 1.82) is 0 Å². The normalized spacial score (nSPS) is 16.2. The molecule has 1 fully saturated rings. The highest BCUT2D eigenvalue weighted by atomic mass is 35.5. The molecule has 2 N–H and O–H groups in total. The van der Waals surface area contributed by atoms with Gasteiger partial charge in [0, 0.05) is 19.3 Å². The van der Waals surface area contributed by atoms with Gasteiger partial charge in [-0.2, -0.15) is 0 Å². The van der Waals surface area contributed by atoms with Crippen molar-refractivity contribution < 1.29 is 9.59 Å². The van der Waals surface area contributed by atoms with Crippen LogP contribution in [0.1, 0.15) is 13.8 Å². The van der Waals surface area contributed by atoms with Crippen molar-refractivity contribution in [3.05, 3.63) is 27.7 Å². The number of carbonyl (C=O) groups is 2. The Hall–Kier alpha value is -1.90. The predicted molar refractivity (Wildman–Crippen MR) is 98.2 cm³/mol. The minimum atomic E-state index is -0.869. The Labute approximate surface area is 158 Å². The average molecular weight is 400 g/mol. The van der Waals surface area contributed by atoms with Crippen molar-refractivity contribution in [2.24, 2.45) is 0 Å². The number of thiophene rings is 1. The predicted octanol–water partition coefficient (Wildman–Crippen LogP) is 3.25. The molecule has 0 spiro atoms. The van der Waals surface area contributed by atoms with E-state index < -0.39 is 11.6 Å². The second-order valence-electron chi connectivity index (χ2n) is 5.89. The molecule has 25 heavy (non-hydrogen) atoms. The van der Waals surface area contributed by atoms with Crippen molar-refractivity contribution in [3.8, 4) is 10.6 Å². The topological polar surface area (TPSA) is 87.2 Å². The van der Waals surface area contributed by atoms with Gasteiger partial charge in [-0.05, 0) is 26.0 Å². The van der Waals surface area contributed by atoms with Crippen molar-refractivity contribution in [3.63, 3.8) is 0 Å². The lowest BCUT2D eigenvalue weighted by Gasteiger charge is -2.27. The third-order valence-electron chi connectivity index (χ3n) is 3.87. The van der Waals surface area contributed by atoms with Gasteiger partial charge in [0.25, 0.3) is 5.91 Å². The van der Waals surface area contributed by atoms with Crippen molar-refractivity contribution in [2.75, 3.05) is 18.4 Å². The van der Waals surface area contributed by atoms with Gasteiger partial charge in [0.15, 0.2) is 0 Å². The van der Waals surface area contributed by atoms with Crippen LogP contribution in [0.3, 0.4) is 0 Å². The van der Waals surface area contributed by atoms with Crippen LogP contribution < -0.4 is 10.6 Å². The number of imide groups is 1. The number of halogens is 2. The molecule has 0 atom stereocenters. The number of carbonyl (C=O) groups excluding carboxylic acids is 2. The first-order valence-corrected chi connectivity index (χ1v) is 9.01. The van der Waals surface area contributed by atoms with Gasteiger partial charge < -0.3 is 10.2 Å². The molecule has 7 nitrogen and oxygen atoms in total. The van der Waals surface area contributed by atoms with Crippen LogP contribution in [0, 0.1) is 0 Å². The van der Waals surface area contributed by atoms with Gasteiger partial charge >= 0.3 is 6.03 Å². The Kier molecular flexibility index (Phi) is 4.86. The van der Waals surface area contributed by atoms with Gasteiger partial charge in [-0.1, -0.05) is 23.2 Å². The first-order valence-electron chi connectivity index (χ1n) is 7.44. The quantitative estimate of drug-likeness (QED) is 0.753. The van der Waals surface area contributed by atoms with Gasteiger partial charge in [0.1, 0.15) is 9.88 Å². The lowest BCUT2D eigenvalue weighted by molar-refractivity contribution is -0.125. The molecular weight excluding hydrogens is 385 g/mol. The Morgan fingerprint density at radius 1 is 1.36 bits per heavy atom. The number of rotatable bonds is 5. The lowest BCUT2D eigenvalue weighted by Crippen LogP contribution is -2.46. The van der Waals surface area contributed by atoms with Crippen LogP contribution in [0.5, 0.6) is 0 Å². The first kappa shape index (κ1) is 17.9.